The zero-order chi connectivity index (χ0) is 20.4. The van der Waals surface area contributed by atoms with Gasteiger partial charge in [0.05, 0.1) is 0 Å². The molecule has 0 radical (unpaired) electrons. The van der Waals surface area contributed by atoms with Crippen LogP contribution in [0.2, 0.25) is 0 Å². The van der Waals surface area contributed by atoms with E-state index in [1.807, 2.05) is 48.5 Å². The summed E-state index contributed by atoms with van der Waals surface area (Å²) >= 11 is 0. The van der Waals surface area contributed by atoms with Crippen LogP contribution in [0.15, 0.2) is 48.5 Å². The molecular formula is C24H32N2O2. The molecule has 2 N–H and O–H groups in total. The average Bonchev–Trinajstić information content (AvgIpc) is 2.59. The molecule has 0 aliphatic carbocycles. The third-order valence-corrected chi connectivity index (χ3v) is 5.17. The Hall–Kier alpha value is -2.33. The molecule has 1 aliphatic heterocycles. The van der Waals surface area contributed by atoms with Crippen LogP contribution in [0.3, 0.4) is 0 Å². The van der Waals surface area contributed by atoms with E-state index < -0.39 is 0 Å². The van der Waals surface area contributed by atoms with E-state index >= 15 is 0 Å². The first kappa shape index (κ1) is 20.4. The number of hydrogen-bond acceptors (Lipinski definition) is 3. The van der Waals surface area contributed by atoms with Gasteiger partial charge in [0.25, 0.3) is 5.91 Å². The summed E-state index contributed by atoms with van der Waals surface area (Å²) in [4.78, 5) is 12.7. The summed E-state index contributed by atoms with van der Waals surface area (Å²) in [7, 11) is 0. The topological polar surface area (TPSA) is 50.4 Å². The summed E-state index contributed by atoms with van der Waals surface area (Å²) in [6.07, 6.45) is 1.84. The molecule has 3 rings (SSSR count). The fourth-order valence-corrected chi connectivity index (χ4v) is 4.25. The van der Waals surface area contributed by atoms with E-state index in [0.717, 1.165) is 24.2 Å². The number of ether oxygens (including phenoxy) is 1. The van der Waals surface area contributed by atoms with Crippen LogP contribution >= 0.6 is 0 Å². The molecule has 0 atom stereocenters. The van der Waals surface area contributed by atoms with Crippen LogP contribution in [0.5, 0.6) is 5.75 Å². The number of piperidine rings is 1. The second kappa shape index (κ2) is 7.96. The van der Waals surface area contributed by atoms with Crippen LogP contribution < -0.4 is 15.4 Å². The lowest BCUT2D eigenvalue weighted by molar-refractivity contribution is 0.0873. The van der Waals surface area contributed by atoms with Gasteiger partial charge in [-0.05, 0) is 77.3 Å². The number of hydrogen-bond donors (Lipinski definition) is 2. The maximum atomic E-state index is 12.7. The molecule has 1 amide bonds. The summed E-state index contributed by atoms with van der Waals surface area (Å²) in [5, 5.41) is 6.87. The van der Waals surface area contributed by atoms with E-state index in [9.17, 15) is 4.79 Å². The van der Waals surface area contributed by atoms with Crippen molar-refractivity contribution in [3.8, 4) is 5.75 Å². The Morgan fingerprint density at radius 3 is 2.14 bits per heavy atom. The molecule has 28 heavy (non-hydrogen) atoms. The lowest BCUT2D eigenvalue weighted by Crippen LogP contribution is -2.62. The molecule has 2 aromatic carbocycles. The Kier molecular flexibility index (Phi) is 5.80. The maximum Gasteiger partial charge on any atom is 0.251 e. The molecule has 150 valence electrons. The molecular weight excluding hydrogens is 348 g/mol. The first-order chi connectivity index (χ1) is 13.1. The van der Waals surface area contributed by atoms with Crippen LogP contribution in [0, 0.1) is 6.92 Å². The quantitative estimate of drug-likeness (QED) is 0.796. The molecule has 1 aliphatic rings. The zero-order valence-electron chi connectivity index (χ0n) is 17.6. The fourth-order valence-electron chi connectivity index (χ4n) is 4.25. The predicted octanol–water partition coefficient (Wildman–Crippen LogP) is 4.61. The van der Waals surface area contributed by atoms with Crippen molar-refractivity contribution in [3.05, 3.63) is 65.2 Å². The molecule has 0 saturated carbocycles. The van der Waals surface area contributed by atoms with Crippen molar-refractivity contribution in [2.45, 2.75) is 71.2 Å². The van der Waals surface area contributed by atoms with Gasteiger partial charge in [-0.2, -0.15) is 0 Å². The molecule has 2 aromatic rings. The summed E-state index contributed by atoms with van der Waals surface area (Å²) in [6.45, 7) is 11.3. The number of benzene rings is 2. The standard InChI is InChI=1S/C24H32N2O2/c1-17-6-12-21(13-7-17)28-16-18-8-10-19(11-9-18)22(27)25-20-14-23(2,3)26-24(4,5)15-20/h6-13,20,26H,14-16H2,1-5H3,(H,25,27). The molecule has 1 fully saturated rings. The van der Waals surface area contributed by atoms with Crippen molar-refractivity contribution >= 4 is 5.91 Å². The number of amides is 1. The van der Waals surface area contributed by atoms with E-state index in [1.165, 1.54) is 5.56 Å². The van der Waals surface area contributed by atoms with Gasteiger partial charge < -0.3 is 15.4 Å². The normalized spacial score (nSPS) is 18.5. The van der Waals surface area contributed by atoms with Crippen LogP contribution in [0.4, 0.5) is 0 Å². The molecule has 0 unspecified atom stereocenters. The highest BCUT2D eigenvalue weighted by atomic mass is 16.5. The number of aryl methyl sites for hydroxylation is 1. The first-order valence-corrected chi connectivity index (χ1v) is 10.0. The van der Waals surface area contributed by atoms with Gasteiger partial charge in [-0.15, -0.1) is 0 Å². The molecule has 0 spiro atoms. The number of carbonyl (C=O) groups is 1. The van der Waals surface area contributed by atoms with Gasteiger partial charge in [-0.25, -0.2) is 0 Å². The second-order valence-electron chi connectivity index (χ2n) is 9.27. The highest BCUT2D eigenvalue weighted by Gasteiger charge is 2.38. The third kappa shape index (κ3) is 5.59. The molecule has 4 nitrogen and oxygen atoms in total. The summed E-state index contributed by atoms with van der Waals surface area (Å²) < 4.78 is 5.81. The molecule has 1 saturated heterocycles. The van der Waals surface area contributed by atoms with Gasteiger partial charge in [0.2, 0.25) is 0 Å². The first-order valence-electron chi connectivity index (χ1n) is 10.0. The molecule has 0 aromatic heterocycles. The molecule has 4 heteroatoms. The average molecular weight is 381 g/mol. The van der Waals surface area contributed by atoms with Crippen LogP contribution in [0.25, 0.3) is 0 Å². The summed E-state index contributed by atoms with van der Waals surface area (Å²) in [6, 6.07) is 15.8. The molecule has 0 bridgehead atoms. The number of rotatable bonds is 5. The van der Waals surface area contributed by atoms with Crippen LogP contribution in [0.1, 0.15) is 62.0 Å². The van der Waals surface area contributed by atoms with E-state index in [0.29, 0.717) is 12.2 Å². The van der Waals surface area contributed by atoms with Crippen molar-refractivity contribution in [1.82, 2.24) is 10.6 Å². The summed E-state index contributed by atoms with van der Waals surface area (Å²) in [5.41, 5.74) is 2.96. The number of carbonyl (C=O) groups excluding carboxylic acids is 1. The largest absolute Gasteiger partial charge is 0.489 e. The minimum Gasteiger partial charge on any atom is -0.489 e. The van der Waals surface area contributed by atoms with Crippen molar-refractivity contribution in [1.29, 1.82) is 0 Å². The van der Waals surface area contributed by atoms with Gasteiger partial charge in [-0.3, -0.25) is 4.79 Å². The maximum absolute atomic E-state index is 12.7. The Morgan fingerprint density at radius 2 is 1.57 bits per heavy atom. The molecule has 1 heterocycles. The zero-order valence-corrected chi connectivity index (χ0v) is 17.6. The van der Waals surface area contributed by atoms with E-state index in [-0.39, 0.29) is 23.0 Å². The van der Waals surface area contributed by atoms with E-state index in [2.05, 4.69) is 45.3 Å². The van der Waals surface area contributed by atoms with Crippen LogP contribution in [-0.4, -0.2) is 23.0 Å². The lowest BCUT2D eigenvalue weighted by Gasteiger charge is -2.46. The van der Waals surface area contributed by atoms with Crippen LogP contribution in [-0.2, 0) is 6.61 Å². The smallest absolute Gasteiger partial charge is 0.251 e. The van der Waals surface area contributed by atoms with Gasteiger partial charge in [0.15, 0.2) is 0 Å². The van der Waals surface area contributed by atoms with Gasteiger partial charge in [-0.1, -0.05) is 29.8 Å². The van der Waals surface area contributed by atoms with Crippen molar-refractivity contribution in [3.63, 3.8) is 0 Å². The van der Waals surface area contributed by atoms with E-state index in [1.54, 1.807) is 0 Å². The second-order valence-corrected chi connectivity index (χ2v) is 9.27. The Morgan fingerprint density at radius 1 is 1.00 bits per heavy atom. The SMILES string of the molecule is Cc1ccc(OCc2ccc(C(=O)NC3CC(C)(C)NC(C)(C)C3)cc2)cc1. The highest BCUT2D eigenvalue weighted by molar-refractivity contribution is 5.94. The minimum absolute atomic E-state index is 0.00972. The Labute approximate surface area is 168 Å². The lowest BCUT2D eigenvalue weighted by atomic mass is 9.79. The van der Waals surface area contributed by atoms with Gasteiger partial charge >= 0.3 is 0 Å². The van der Waals surface area contributed by atoms with Gasteiger partial charge in [0, 0.05) is 22.7 Å². The number of nitrogens with one attached hydrogen (secondary N) is 2. The van der Waals surface area contributed by atoms with E-state index in [4.69, 9.17) is 4.74 Å². The Balaban J connectivity index is 1.56. The highest BCUT2D eigenvalue weighted by Crippen LogP contribution is 2.28. The third-order valence-electron chi connectivity index (χ3n) is 5.17. The predicted molar refractivity (Wildman–Crippen MR) is 114 cm³/mol. The fraction of sp³-hybridized carbons (Fsp3) is 0.458. The van der Waals surface area contributed by atoms with Gasteiger partial charge in [0.1, 0.15) is 12.4 Å². The minimum atomic E-state index is -0.00972. The van der Waals surface area contributed by atoms with Crippen molar-refractivity contribution in [2.24, 2.45) is 0 Å². The Bertz CT molecular complexity index is 792. The van der Waals surface area contributed by atoms with Crippen molar-refractivity contribution in [2.75, 3.05) is 0 Å². The van der Waals surface area contributed by atoms with Crippen molar-refractivity contribution < 1.29 is 9.53 Å². The summed E-state index contributed by atoms with van der Waals surface area (Å²) in [5.74, 6) is 0.841. The monoisotopic (exact) mass is 380 g/mol.